The summed E-state index contributed by atoms with van der Waals surface area (Å²) in [7, 11) is 0. The maximum atomic E-state index is 12.4. The number of nitrogens with one attached hydrogen (secondary N) is 1. The Morgan fingerprint density at radius 1 is 1.23 bits per heavy atom. The molecule has 0 bridgehead atoms. The summed E-state index contributed by atoms with van der Waals surface area (Å²) in [4.78, 5) is 12.4. The van der Waals surface area contributed by atoms with Crippen LogP contribution in [0.15, 0.2) is 36.7 Å². The molecule has 0 radical (unpaired) electrons. The van der Waals surface area contributed by atoms with Gasteiger partial charge in [0.1, 0.15) is 0 Å². The molecule has 5 heteroatoms. The Hall–Kier alpha value is -2.17. The second kappa shape index (κ2) is 6.30. The molecule has 5 nitrogen and oxygen atoms in total. The lowest BCUT2D eigenvalue weighted by molar-refractivity contribution is 0.0891. The SMILES string of the molecule is CC1CCCC(NC(=O)c2ccc(-n3ccnn3)cc2)C1C. The zero-order chi connectivity index (χ0) is 15.5. The Morgan fingerprint density at radius 3 is 2.68 bits per heavy atom. The minimum atomic E-state index is 0.0103. The lowest BCUT2D eigenvalue weighted by Crippen LogP contribution is -2.43. The van der Waals surface area contributed by atoms with Gasteiger partial charge < -0.3 is 5.32 Å². The zero-order valence-corrected chi connectivity index (χ0v) is 13.1. The van der Waals surface area contributed by atoms with Crippen molar-refractivity contribution < 1.29 is 4.79 Å². The highest BCUT2D eigenvalue weighted by molar-refractivity contribution is 5.94. The number of carbonyl (C=O) groups is 1. The fourth-order valence-corrected chi connectivity index (χ4v) is 3.15. The molecule has 0 aliphatic heterocycles. The molecule has 1 N–H and O–H groups in total. The van der Waals surface area contributed by atoms with Crippen LogP contribution in [0.2, 0.25) is 0 Å². The van der Waals surface area contributed by atoms with Crippen molar-refractivity contribution in [1.82, 2.24) is 20.3 Å². The van der Waals surface area contributed by atoms with Crippen molar-refractivity contribution in [2.75, 3.05) is 0 Å². The Bertz CT molecular complexity index is 621. The van der Waals surface area contributed by atoms with Crippen molar-refractivity contribution >= 4 is 5.91 Å². The molecule has 1 aromatic heterocycles. The van der Waals surface area contributed by atoms with Gasteiger partial charge in [0.15, 0.2) is 0 Å². The van der Waals surface area contributed by atoms with Gasteiger partial charge in [-0.1, -0.05) is 31.9 Å². The lowest BCUT2D eigenvalue weighted by Gasteiger charge is -2.34. The topological polar surface area (TPSA) is 59.8 Å². The molecule has 1 aliphatic carbocycles. The summed E-state index contributed by atoms with van der Waals surface area (Å²) in [6.45, 7) is 4.51. The Kier molecular flexibility index (Phi) is 4.22. The van der Waals surface area contributed by atoms with Gasteiger partial charge in [-0.25, -0.2) is 4.68 Å². The number of amides is 1. The van der Waals surface area contributed by atoms with Crippen LogP contribution in [-0.4, -0.2) is 26.9 Å². The molecule has 1 amide bonds. The third-order valence-corrected chi connectivity index (χ3v) is 4.84. The second-order valence-corrected chi connectivity index (χ2v) is 6.24. The first-order chi connectivity index (χ1) is 10.6. The standard InChI is InChI=1S/C17H22N4O/c1-12-4-3-5-16(13(12)2)19-17(22)14-6-8-15(9-7-14)21-11-10-18-20-21/h6-13,16H,3-5H2,1-2H3,(H,19,22). The highest BCUT2D eigenvalue weighted by Crippen LogP contribution is 2.29. The van der Waals surface area contributed by atoms with Crippen molar-refractivity contribution in [3.05, 3.63) is 42.2 Å². The van der Waals surface area contributed by atoms with E-state index in [1.165, 1.54) is 12.8 Å². The maximum absolute atomic E-state index is 12.4. The molecular formula is C17H22N4O. The molecule has 3 atom stereocenters. The van der Waals surface area contributed by atoms with Gasteiger partial charge in [0.25, 0.3) is 5.91 Å². The first-order valence-corrected chi connectivity index (χ1v) is 7.93. The molecule has 1 aliphatic rings. The molecule has 0 spiro atoms. The molecule has 1 fully saturated rings. The summed E-state index contributed by atoms with van der Waals surface area (Å²) in [5, 5.41) is 10.9. The number of rotatable bonds is 3. The van der Waals surface area contributed by atoms with E-state index in [0.717, 1.165) is 12.1 Å². The van der Waals surface area contributed by atoms with Crippen molar-refractivity contribution in [2.45, 2.75) is 39.2 Å². The molecule has 1 saturated carbocycles. The van der Waals surface area contributed by atoms with E-state index < -0.39 is 0 Å². The molecule has 1 aromatic carbocycles. The summed E-state index contributed by atoms with van der Waals surface area (Å²) in [5.41, 5.74) is 1.59. The number of nitrogens with zero attached hydrogens (tertiary/aromatic N) is 3. The van der Waals surface area contributed by atoms with Crippen LogP contribution in [0.1, 0.15) is 43.5 Å². The zero-order valence-electron chi connectivity index (χ0n) is 13.1. The molecule has 3 unspecified atom stereocenters. The Morgan fingerprint density at radius 2 is 2.00 bits per heavy atom. The van der Waals surface area contributed by atoms with Crippen LogP contribution < -0.4 is 5.32 Å². The van der Waals surface area contributed by atoms with Crippen molar-refractivity contribution in [3.63, 3.8) is 0 Å². The van der Waals surface area contributed by atoms with Crippen LogP contribution >= 0.6 is 0 Å². The Labute approximate surface area is 130 Å². The fraction of sp³-hybridized carbons (Fsp3) is 0.471. The molecule has 116 valence electrons. The fourth-order valence-electron chi connectivity index (χ4n) is 3.15. The molecule has 3 rings (SSSR count). The van der Waals surface area contributed by atoms with Crippen molar-refractivity contribution in [3.8, 4) is 5.69 Å². The largest absolute Gasteiger partial charge is 0.349 e. The summed E-state index contributed by atoms with van der Waals surface area (Å²) in [6, 6.07) is 7.73. The lowest BCUT2D eigenvalue weighted by atomic mass is 9.78. The van der Waals surface area contributed by atoms with Gasteiger partial charge in [-0.15, -0.1) is 5.10 Å². The van der Waals surface area contributed by atoms with Crippen molar-refractivity contribution in [2.24, 2.45) is 11.8 Å². The van der Waals surface area contributed by atoms with E-state index in [1.54, 1.807) is 17.1 Å². The van der Waals surface area contributed by atoms with Gasteiger partial charge in [-0.3, -0.25) is 4.79 Å². The van der Waals surface area contributed by atoms with Crippen LogP contribution in [0.5, 0.6) is 0 Å². The monoisotopic (exact) mass is 298 g/mol. The number of hydrogen-bond acceptors (Lipinski definition) is 3. The van der Waals surface area contributed by atoms with E-state index >= 15 is 0 Å². The summed E-state index contributed by atoms with van der Waals surface area (Å²) in [5.74, 6) is 1.22. The summed E-state index contributed by atoms with van der Waals surface area (Å²) in [6.07, 6.45) is 6.95. The van der Waals surface area contributed by atoms with Gasteiger partial charge in [-0.2, -0.15) is 0 Å². The molecule has 2 aromatic rings. The van der Waals surface area contributed by atoms with Crippen LogP contribution in [0, 0.1) is 11.8 Å². The van der Waals surface area contributed by atoms with Gasteiger partial charge in [0, 0.05) is 11.6 Å². The molecule has 0 saturated heterocycles. The third kappa shape index (κ3) is 3.03. The number of aromatic nitrogens is 3. The number of hydrogen-bond donors (Lipinski definition) is 1. The summed E-state index contributed by atoms with van der Waals surface area (Å²) < 4.78 is 1.67. The average molecular weight is 298 g/mol. The van der Waals surface area contributed by atoms with Gasteiger partial charge >= 0.3 is 0 Å². The van der Waals surface area contributed by atoms with Crippen molar-refractivity contribution in [1.29, 1.82) is 0 Å². The quantitative estimate of drug-likeness (QED) is 0.948. The van der Waals surface area contributed by atoms with E-state index in [9.17, 15) is 4.79 Å². The van der Waals surface area contributed by atoms with Gasteiger partial charge in [-0.05, 0) is 42.5 Å². The minimum Gasteiger partial charge on any atom is -0.349 e. The number of benzene rings is 1. The smallest absolute Gasteiger partial charge is 0.251 e. The minimum absolute atomic E-state index is 0.0103. The van der Waals surface area contributed by atoms with Crippen LogP contribution in [0.25, 0.3) is 5.69 Å². The average Bonchev–Trinajstić information content (AvgIpc) is 3.06. The van der Waals surface area contributed by atoms with E-state index in [2.05, 4.69) is 29.5 Å². The third-order valence-electron chi connectivity index (χ3n) is 4.84. The molecule has 1 heterocycles. The first kappa shape index (κ1) is 14.8. The van der Waals surface area contributed by atoms with Crippen LogP contribution in [-0.2, 0) is 0 Å². The van der Waals surface area contributed by atoms with Gasteiger partial charge in [0.05, 0.1) is 18.1 Å². The van der Waals surface area contributed by atoms with Crippen LogP contribution in [0.3, 0.4) is 0 Å². The van der Waals surface area contributed by atoms with E-state index in [1.807, 2.05) is 24.3 Å². The predicted molar refractivity (Wildman–Crippen MR) is 84.8 cm³/mol. The highest BCUT2D eigenvalue weighted by Gasteiger charge is 2.28. The Balaban J connectivity index is 1.67. The molecule has 22 heavy (non-hydrogen) atoms. The summed E-state index contributed by atoms with van der Waals surface area (Å²) >= 11 is 0. The van der Waals surface area contributed by atoms with E-state index in [0.29, 0.717) is 17.4 Å². The maximum Gasteiger partial charge on any atom is 0.251 e. The second-order valence-electron chi connectivity index (χ2n) is 6.24. The van der Waals surface area contributed by atoms with E-state index in [-0.39, 0.29) is 11.9 Å². The normalized spacial score (nSPS) is 24.9. The van der Waals surface area contributed by atoms with E-state index in [4.69, 9.17) is 0 Å². The predicted octanol–water partition coefficient (Wildman–Crippen LogP) is 2.82. The highest BCUT2D eigenvalue weighted by atomic mass is 16.1. The van der Waals surface area contributed by atoms with Gasteiger partial charge in [0.2, 0.25) is 0 Å². The first-order valence-electron chi connectivity index (χ1n) is 7.93. The van der Waals surface area contributed by atoms with Crippen LogP contribution in [0.4, 0.5) is 0 Å². The number of carbonyl (C=O) groups excluding carboxylic acids is 1. The molecular weight excluding hydrogens is 276 g/mol.